The molecule has 2 unspecified atom stereocenters. The molecule has 0 heterocycles. The second-order valence-corrected chi connectivity index (χ2v) is 3.36. The Balaban J connectivity index is 2.72. The molecule has 2 nitrogen and oxygen atoms in total. The first-order valence-corrected chi connectivity index (χ1v) is 4.71. The Hall–Kier alpha value is -0.930. The van der Waals surface area contributed by atoms with Gasteiger partial charge in [-0.1, -0.05) is 24.3 Å². The van der Waals surface area contributed by atoms with Gasteiger partial charge >= 0.3 is 0 Å². The molecule has 1 aromatic carbocycles. The van der Waals surface area contributed by atoms with Crippen molar-refractivity contribution in [3.8, 4) is 0 Å². The smallest absolute Gasteiger partial charge is 0.122 e. The van der Waals surface area contributed by atoms with Crippen LogP contribution in [0.2, 0.25) is 0 Å². The average molecular weight is 197 g/mol. The molecule has 0 spiro atoms. The van der Waals surface area contributed by atoms with E-state index in [-0.39, 0.29) is 0 Å². The summed E-state index contributed by atoms with van der Waals surface area (Å²) in [4.78, 5) is 0. The van der Waals surface area contributed by atoms with Crippen LogP contribution >= 0.6 is 0 Å². The van der Waals surface area contributed by atoms with Gasteiger partial charge in [-0.05, 0) is 25.1 Å². The number of halogens is 1. The monoisotopic (exact) mass is 197 g/mol. The molecule has 0 saturated carbocycles. The van der Waals surface area contributed by atoms with Crippen LogP contribution in [0.1, 0.15) is 30.3 Å². The highest BCUT2D eigenvalue weighted by Gasteiger charge is 2.07. The number of likely N-dealkylation sites (N-methyl/N-ethyl adjacent to an activating group) is 1. The zero-order chi connectivity index (χ0) is 10.6. The van der Waals surface area contributed by atoms with Gasteiger partial charge in [0.05, 0.1) is 6.10 Å². The highest BCUT2D eigenvalue weighted by molar-refractivity contribution is 5.25. The molecule has 0 aliphatic rings. The standard InChI is InChI=1S/C11H16FNO/c1-8(12)9-3-5-10(6-4-9)11(14)7-13-2/h3-6,8,11,13-14H,7H2,1-2H3. The molecule has 0 aliphatic heterocycles. The van der Waals surface area contributed by atoms with Crippen LogP contribution in [0.5, 0.6) is 0 Å². The molecular weight excluding hydrogens is 181 g/mol. The lowest BCUT2D eigenvalue weighted by Crippen LogP contribution is -2.16. The van der Waals surface area contributed by atoms with Crippen LogP contribution < -0.4 is 5.32 Å². The maximum absolute atomic E-state index is 12.8. The quantitative estimate of drug-likeness (QED) is 0.773. The van der Waals surface area contributed by atoms with E-state index in [2.05, 4.69) is 5.32 Å². The van der Waals surface area contributed by atoms with Crippen LogP contribution in [0.15, 0.2) is 24.3 Å². The Morgan fingerprint density at radius 2 is 1.79 bits per heavy atom. The Morgan fingerprint density at radius 1 is 1.29 bits per heavy atom. The highest BCUT2D eigenvalue weighted by atomic mass is 19.1. The van der Waals surface area contributed by atoms with Gasteiger partial charge in [-0.2, -0.15) is 0 Å². The summed E-state index contributed by atoms with van der Waals surface area (Å²) in [6.45, 7) is 2.00. The van der Waals surface area contributed by atoms with E-state index in [1.807, 2.05) is 0 Å². The normalized spacial score (nSPS) is 15.1. The Morgan fingerprint density at radius 3 is 2.21 bits per heavy atom. The SMILES string of the molecule is CNCC(O)c1ccc(C(C)F)cc1. The number of benzene rings is 1. The summed E-state index contributed by atoms with van der Waals surface area (Å²) < 4.78 is 12.8. The molecule has 2 N–H and O–H groups in total. The van der Waals surface area contributed by atoms with Crippen molar-refractivity contribution in [1.82, 2.24) is 5.32 Å². The van der Waals surface area contributed by atoms with Crippen molar-refractivity contribution in [2.45, 2.75) is 19.2 Å². The van der Waals surface area contributed by atoms with E-state index < -0.39 is 12.3 Å². The molecule has 1 aromatic rings. The predicted molar refractivity (Wildman–Crippen MR) is 54.9 cm³/mol. The average Bonchev–Trinajstić information content (AvgIpc) is 2.18. The minimum Gasteiger partial charge on any atom is -0.387 e. The summed E-state index contributed by atoms with van der Waals surface area (Å²) in [5, 5.41) is 12.5. The van der Waals surface area contributed by atoms with Crippen molar-refractivity contribution in [2.75, 3.05) is 13.6 Å². The highest BCUT2D eigenvalue weighted by Crippen LogP contribution is 2.19. The zero-order valence-electron chi connectivity index (χ0n) is 8.50. The van der Waals surface area contributed by atoms with Crippen LogP contribution in [0.25, 0.3) is 0 Å². The van der Waals surface area contributed by atoms with Crippen molar-refractivity contribution >= 4 is 0 Å². The first-order valence-electron chi connectivity index (χ1n) is 4.71. The second-order valence-electron chi connectivity index (χ2n) is 3.36. The van der Waals surface area contributed by atoms with Crippen LogP contribution in [0.3, 0.4) is 0 Å². The molecule has 0 aromatic heterocycles. The largest absolute Gasteiger partial charge is 0.387 e. The van der Waals surface area contributed by atoms with Gasteiger partial charge < -0.3 is 10.4 Å². The third-order valence-corrected chi connectivity index (χ3v) is 2.18. The number of alkyl halides is 1. The Bertz CT molecular complexity index is 271. The molecule has 0 amide bonds. The fourth-order valence-electron chi connectivity index (χ4n) is 1.29. The molecule has 0 radical (unpaired) electrons. The van der Waals surface area contributed by atoms with Gasteiger partial charge in [0.1, 0.15) is 6.17 Å². The third-order valence-electron chi connectivity index (χ3n) is 2.18. The lowest BCUT2D eigenvalue weighted by atomic mass is 10.1. The first kappa shape index (κ1) is 11.1. The van der Waals surface area contributed by atoms with Gasteiger partial charge in [0.15, 0.2) is 0 Å². The molecule has 0 bridgehead atoms. The van der Waals surface area contributed by atoms with Gasteiger partial charge in [-0.25, -0.2) is 4.39 Å². The molecule has 3 heteroatoms. The van der Waals surface area contributed by atoms with Crippen molar-refractivity contribution < 1.29 is 9.50 Å². The molecule has 0 fully saturated rings. The molecule has 14 heavy (non-hydrogen) atoms. The number of nitrogens with one attached hydrogen (secondary N) is 1. The molecule has 0 saturated heterocycles. The van der Waals surface area contributed by atoms with Gasteiger partial charge in [0, 0.05) is 6.54 Å². The van der Waals surface area contributed by atoms with Gasteiger partial charge in [0.25, 0.3) is 0 Å². The lowest BCUT2D eigenvalue weighted by molar-refractivity contribution is 0.177. The predicted octanol–water partition coefficient (Wildman–Crippen LogP) is 1.97. The fraction of sp³-hybridized carbons (Fsp3) is 0.455. The fourth-order valence-corrected chi connectivity index (χ4v) is 1.29. The van der Waals surface area contributed by atoms with E-state index in [0.29, 0.717) is 12.1 Å². The second kappa shape index (κ2) is 5.08. The number of aliphatic hydroxyl groups is 1. The maximum Gasteiger partial charge on any atom is 0.122 e. The molecule has 1 rings (SSSR count). The van der Waals surface area contributed by atoms with E-state index in [9.17, 15) is 9.50 Å². The summed E-state index contributed by atoms with van der Waals surface area (Å²) in [6, 6.07) is 6.93. The van der Waals surface area contributed by atoms with Crippen molar-refractivity contribution in [1.29, 1.82) is 0 Å². The molecule has 0 aliphatic carbocycles. The number of aliphatic hydroxyl groups excluding tert-OH is 1. The number of hydrogen-bond acceptors (Lipinski definition) is 2. The summed E-state index contributed by atoms with van der Waals surface area (Å²) in [7, 11) is 1.78. The topological polar surface area (TPSA) is 32.3 Å². The Labute approximate surface area is 83.8 Å². The molecule has 78 valence electrons. The Kier molecular flexibility index (Phi) is 4.04. The number of hydrogen-bond donors (Lipinski definition) is 2. The summed E-state index contributed by atoms with van der Waals surface area (Å²) in [6.07, 6.45) is -1.48. The van der Waals surface area contributed by atoms with Crippen molar-refractivity contribution in [2.24, 2.45) is 0 Å². The summed E-state index contributed by atoms with van der Waals surface area (Å²) in [5.41, 5.74) is 1.45. The van der Waals surface area contributed by atoms with Crippen molar-refractivity contribution in [3.63, 3.8) is 0 Å². The minimum atomic E-state index is -0.953. The van der Waals surface area contributed by atoms with Gasteiger partial charge in [0.2, 0.25) is 0 Å². The van der Waals surface area contributed by atoms with Gasteiger partial charge in [-0.3, -0.25) is 0 Å². The van der Waals surface area contributed by atoms with E-state index in [0.717, 1.165) is 5.56 Å². The summed E-state index contributed by atoms with van der Waals surface area (Å²) in [5.74, 6) is 0. The van der Waals surface area contributed by atoms with Crippen LogP contribution in [0.4, 0.5) is 4.39 Å². The minimum absolute atomic E-state index is 0.504. The maximum atomic E-state index is 12.8. The van der Waals surface area contributed by atoms with Crippen LogP contribution in [0, 0.1) is 0 Å². The number of rotatable bonds is 4. The first-order chi connectivity index (χ1) is 6.65. The van der Waals surface area contributed by atoms with Crippen LogP contribution in [-0.4, -0.2) is 18.7 Å². The lowest BCUT2D eigenvalue weighted by Gasteiger charge is -2.11. The van der Waals surface area contributed by atoms with E-state index >= 15 is 0 Å². The van der Waals surface area contributed by atoms with Gasteiger partial charge in [-0.15, -0.1) is 0 Å². The van der Waals surface area contributed by atoms with Crippen LogP contribution in [-0.2, 0) is 0 Å². The van der Waals surface area contributed by atoms with E-state index in [1.54, 1.807) is 31.3 Å². The molecular formula is C11H16FNO. The third kappa shape index (κ3) is 2.79. The molecule has 2 atom stereocenters. The van der Waals surface area contributed by atoms with E-state index in [1.165, 1.54) is 6.92 Å². The zero-order valence-corrected chi connectivity index (χ0v) is 8.50. The van der Waals surface area contributed by atoms with Crippen molar-refractivity contribution in [3.05, 3.63) is 35.4 Å². The van der Waals surface area contributed by atoms with E-state index in [4.69, 9.17) is 0 Å². The summed E-state index contributed by atoms with van der Waals surface area (Å²) >= 11 is 0.